The van der Waals surface area contributed by atoms with Crippen LogP contribution in [0.4, 0.5) is 0 Å². The molecule has 4 aliphatic rings. The SMILES string of the molecule is CO[C@@]1(C(C)=NO)[C@H](O)C[C@H]2[C@H]3CC=C4C[C@@H](OC(C)=O)CC[C@]4(C)[C@@H]3CC[C@@]21C. The van der Waals surface area contributed by atoms with Gasteiger partial charge in [-0.1, -0.05) is 30.7 Å². The van der Waals surface area contributed by atoms with E-state index in [0.29, 0.717) is 29.9 Å². The first-order valence-electron chi connectivity index (χ1n) is 11.4. The molecule has 8 atom stereocenters. The van der Waals surface area contributed by atoms with Gasteiger partial charge < -0.3 is 19.8 Å². The van der Waals surface area contributed by atoms with Crippen LogP contribution in [0.2, 0.25) is 0 Å². The van der Waals surface area contributed by atoms with E-state index < -0.39 is 11.7 Å². The molecule has 2 N–H and O–H groups in total. The molecule has 3 fully saturated rings. The van der Waals surface area contributed by atoms with Crippen LogP contribution in [0.15, 0.2) is 16.8 Å². The van der Waals surface area contributed by atoms with Gasteiger partial charge in [0, 0.05) is 25.9 Å². The van der Waals surface area contributed by atoms with E-state index in [9.17, 15) is 15.1 Å². The van der Waals surface area contributed by atoms with Crippen molar-refractivity contribution in [1.29, 1.82) is 0 Å². The first-order valence-corrected chi connectivity index (χ1v) is 11.4. The van der Waals surface area contributed by atoms with Gasteiger partial charge in [-0.2, -0.15) is 0 Å². The van der Waals surface area contributed by atoms with Crippen LogP contribution in [-0.2, 0) is 14.3 Å². The van der Waals surface area contributed by atoms with E-state index in [1.165, 1.54) is 12.5 Å². The van der Waals surface area contributed by atoms with E-state index in [2.05, 4.69) is 25.1 Å². The summed E-state index contributed by atoms with van der Waals surface area (Å²) in [5.74, 6) is 1.15. The standard InChI is InChI=1S/C24H37NO5/c1-14(25-28)24(29-5)21(27)13-20-18-7-6-16-12-17(30-15(2)26)8-10-22(16,3)19(18)9-11-23(20,24)4/h6,17-21,27-28H,7-13H2,1-5H3/t17-,18-,19+,20-,21+,22-,23-,24-/m0/s1. The Hall–Kier alpha value is -1.40. The number of hydrogen-bond acceptors (Lipinski definition) is 6. The van der Waals surface area contributed by atoms with Crippen LogP contribution in [-0.4, -0.2) is 46.9 Å². The minimum Gasteiger partial charge on any atom is -0.462 e. The van der Waals surface area contributed by atoms with Crippen molar-refractivity contribution in [2.75, 3.05) is 7.11 Å². The second-order valence-electron chi connectivity index (χ2n) is 10.6. The fraction of sp³-hybridized carbons (Fsp3) is 0.833. The zero-order valence-corrected chi connectivity index (χ0v) is 19.0. The highest BCUT2D eigenvalue weighted by Crippen LogP contribution is 2.68. The maximum atomic E-state index is 11.4. The third kappa shape index (κ3) is 2.75. The van der Waals surface area contributed by atoms with E-state index in [-0.39, 0.29) is 22.9 Å². The second-order valence-corrected chi connectivity index (χ2v) is 10.6. The number of rotatable bonds is 3. The Balaban J connectivity index is 1.66. The molecule has 0 bridgehead atoms. The Morgan fingerprint density at radius 3 is 2.57 bits per heavy atom. The van der Waals surface area contributed by atoms with Crippen molar-refractivity contribution in [2.24, 2.45) is 33.7 Å². The van der Waals surface area contributed by atoms with Crippen molar-refractivity contribution >= 4 is 11.7 Å². The number of nitrogens with zero attached hydrogens (tertiary/aromatic N) is 1. The number of methoxy groups -OCH3 is 1. The highest BCUT2D eigenvalue weighted by Gasteiger charge is 2.69. The van der Waals surface area contributed by atoms with Crippen molar-refractivity contribution < 1.29 is 24.6 Å². The Morgan fingerprint density at radius 2 is 1.93 bits per heavy atom. The van der Waals surface area contributed by atoms with Gasteiger partial charge in [0.25, 0.3) is 0 Å². The smallest absolute Gasteiger partial charge is 0.302 e. The molecule has 4 aliphatic carbocycles. The molecule has 0 unspecified atom stereocenters. The first kappa shape index (κ1) is 21.8. The zero-order chi connectivity index (χ0) is 21.9. The monoisotopic (exact) mass is 419 g/mol. The van der Waals surface area contributed by atoms with Gasteiger partial charge in [-0.25, -0.2) is 0 Å². The summed E-state index contributed by atoms with van der Waals surface area (Å²) in [6, 6.07) is 0. The van der Waals surface area contributed by atoms with Gasteiger partial charge in [0.1, 0.15) is 11.7 Å². The lowest BCUT2D eigenvalue weighted by molar-refractivity contribution is -0.149. The predicted molar refractivity (Wildman–Crippen MR) is 113 cm³/mol. The van der Waals surface area contributed by atoms with Crippen molar-refractivity contribution in [2.45, 2.75) is 90.4 Å². The summed E-state index contributed by atoms with van der Waals surface area (Å²) < 4.78 is 11.5. The lowest BCUT2D eigenvalue weighted by Gasteiger charge is -2.59. The number of carbonyl (C=O) groups excluding carboxylic acids is 1. The Kier molecular flexibility index (Phi) is 5.33. The number of esters is 1. The van der Waals surface area contributed by atoms with Gasteiger partial charge >= 0.3 is 5.97 Å². The van der Waals surface area contributed by atoms with Gasteiger partial charge in [-0.15, -0.1) is 0 Å². The summed E-state index contributed by atoms with van der Waals surface area (Å²) in [7, 11) is 1.63. The summed E-state index contributed by atoms with van der Waals surface area (Å²) >= 11 is 0. The number of hydrogen-bond donors (Lipinski definition) is 2. The number of allylic oxidation sites excluding steroid dienone is 1. The van der Waals surface area contributed by atoms with Gasteiger partial charge in [0.2, 0.25) is 0 Å². The largest absolute Gasteiger partial charge is 0.462 e. The molecule has 6 nitrogen and oxygen atoms in total. The highest BCUT2D eigenvalue weighted by molar-refractivity contribution is 5.92. The van der Waals surface area contributed by atoms with E-state index in [4.69, 9.17) is 9.47 Å². The molecule has 0 amide bonds. The van der Waals surface area contributed by atoms with Crippen molar-refractivity contribution in [1.82, 2.24) is 0 Å². The molecule has 0 aromatic rings. The second kappa shape index (κ2) is 7.33. The fourth-order valence-electron chi connectivity index (χ4n) is 8.21. The molecule has 0 aliphatic heterocycles. The van der Waals surface area contributed by atoms with Crippen LogP contribution in [0.5, 0.6) is 0 Å². The summed E-state index contributed by atoms with van der Waals surface area (Å²) in [6.07, 6.45) is 8.20. The van der Waals surface area contributed by atoms with Crippen LogP contribution in [0, 0.1) is 28.6 Å². The van der Waals surface area contributed by atoms with E-state index in [1.54, 1.807) is 14.0 Å². The van der Waals surface area contributed by atoms with Crippen LogP contribution < -0.4 is 0 Å². The molecular weight excluding hydrogens is 382 g/mol. The summed E-state index contributed by atoms with van der Waals surface area (Å²) in [5, 5.41) is 24.2. The molecule has 0 saturated heterocycles. The van der Waals surface area contributed by atoms with Crippen LogP contribution in [0.25, 0.3) is 0 Å². The minimum absolute atomic E-state index is 0.00471. The van der Waals surface area contributed by atoms with Gasteiger partial charge in [0.15, 0.2) is 0 Å². The quantitative estimate of drug-likeness (QED) is 0.236. The summed E-state index contributed by atoms with van der Waals surface area (Å²) in [6.45, 7) is 7.88. The average Bonchev–Trinajstić information content (AvgIpc) is 2.94. The molecular formula is C24H37NO5. The number of ether oxygens (including phenoxy) is 2. The molecule has 0 aromatic heterocycles. The molecule has 4 rings (SSSR count). The van der Waals surface area contributed by atoms with Gasteiger partial charge in [-0.3, -0.25) is 4.79 Å². The Bertz CT molecular complexity index is 778. The maximum absolute atomic E-state index is 11.4. The van der Waals surface area contributed by atoms with Gasteiger partial charge in [0.05, 0.1) is 11.8 Å². The number of oxime groups is 1. The van der Waals surface area contributed by atoms with Crippen molar-refractivity contribution in [3.63, 3.8) is 0 Å². The Labute approximate surface area is 179 Å². The molecule has 6 heteroatoms. The van der Waals surface area contributed by atoms with Crippen LogP contribution in [0.3, 0.4) is 0 Å². The molecule has 0 heterocycles. The lowest BCUT2D eigenvalue weighted by atomic mass is 9.46. The van der Waals surface area contributed by atoms with Crippen molar-refractivity contribution in [3.05, 3.63) is 11.6 Å². The third-order valence-corrected chi connectivity index (χ3v) is 9.59. The molecule has 3 saturated carbocycles. The normalized spacial score (nSPS) is 48.3. The Morgan fingerprint density at radius 1 is 1.20 bits per heavy atom. The number of aliphatic hydroxyl groups is 1. The molecule has 30 heavy (non-hydrogen) atoms. The predicted octanol–water partition coefficient (Wildman–Crippen LogP) is 4.09. The molecule has 168 valence electrons. The molecule has 0 spiro atoms. The molecule has 0 aromatic carbocycles. The number of fused-ring (bicyclic) bond motifs is 5. The highest BCUT2D eigenvalue weighted by atomic mass is 16.5. The first-order chi connectivity index (χ1) is 14.1. The third-order valence-electron chi connectivity index (χ3n) is 9.59. The lowest BCUT2D eigenvalue weighted by Crippen LogP contribution is -2.60. The number of carbonyl (C=O) groups is 1. The average molecular weight is 420 g/mol. The zero-order valence-electron chi connectivity index (χ0n) is 19.0. The van der Waals surface area contributed by atoms with Crippen molar-refractivity contribution in [3.8, 4) is 0 Å². The van der Waals surface area contributed by atoms with E-state index in [0.717, 1.165) is 38.5 Å². The van der Waals surface area contributed by atoms with E-state index in [1.807, 2.05) is 0 Å². The summed E-state index contributed by atoms with van der Waals surface area (Å²) in [4.78, 5) is 11.4. The van der Waals surface area contributed by atoms with Gasteiger partial charge in [-0.05, 0) is 68.6 Å². The fourth-order valence-corrected chi connectivity index (χ4v) is 8.21. The van der Waals surface area contributed by atoms with E-state index >= 15 is 0 Å². The van der Waals surface area contributed by atoms with Crippen LogP contribution >= 0.6 is 0 Å². The maximum Gasteiger partial charge on any atom is 0.302 e. The van der Waals surface area contributed by atoms with Crippen LogP contribution in [0.1, 0.15) is 72.6 Å². The summed E-state index contributed by atoms with van der Waals surface area (Å²) in [5.41, 5.74) is 0.852. The minimum atomic E-state index is -0.935. The topological polar surface area (TPSA) is 88.3 Å². The molecule has 0 radical (unpaired) electrons. The number of aliphatic hydroxyl groups excluding tert-OH is 1.